The molecule has 2 aromatic rings. The highest BCUT2D eigenvalue weighted by molar-refractivity contribution is 9.10. The molecule has 2 aromatic carbocycles. The highest BCUT2D eigenvalue weighted by Gasteiger charge is 2.36. The van der Waals surface area contributed by atoms with Gasteiger partial charge in [-0.1, -0.05) is 40.2 Å². The average Bonchev–Trinajstić information content (AvgIpc) is 2.63. The molecule has 98 valence electrons. The quantitative estimate of drug-likeness (QED) is 0.814. The van der Waals surface area contributed by atoms with Gasteiger partial charge >= 0.3 is 0 Å². The fourth-order valence-corrected chi connectivity index (χ4v) is 6.67. The van der Waals surface area contributed by atoms with E-state index in [1.807, 2.05) is 36.4 Å². The zero-order chi connectivity index (χ0) is 13.5. The second-order valence-corrected chi connectivity index (χ2v) is 8.49. The van der Waals surface area contributed by atoms with E-state index in [4.69, 9.17) is 0 Å². The number of fused-ring (bicyclic) bond motifs is 1. The molecule has 5 heteroatoms. The van der Waals surface area contributed by atoms with Crippen molar-refractivity contribution in [3.05, 3.63) is 58.6 Å². The van der Waals surface area contributed by atoms with Crippen molar-refractivity contribution >= 4 is 37.5 Å². The predicted octanol–water partition coefficient (Wildman–Crippen LogP) is 4.07. The van der Waals surface area contributed by atoms with Crippen LogP contribution >= 0.6 is 27.7 Å². The molecule has 0 saturated carbocycles. The van der Waals surface area contributed by atoms with E-state index in [2.05, 4.69) is 15.9 Å². The Bertz CT molecular complexity index is 711. The topological polar surface area (TPSA) is 34.1 Å². The van der Waals surface area contributed by atoms with E-state index in [-0.39, 0.29) is 11.0 Å². The molecule has 1 aliphatic rings. The summed E-state index contributed by atoms with van der Waals surface area (Å²) in [5.41, 5.74) is 0.899. The SMILES string of the molecule is O=S1(=O)CC(Sc2ccccc2)c2c(Br)cccc21. The molecule has 1 heterocycles. The molecule has 19 heavy (non-hydrogen) atoms. The normalized spacial score (nSPS) is 20.2. The fourth-order valence-electron chi connectivity index (χ4n) is 2.23. The minimum absolute atomic E-state index is 0.0435. The maximum atomic E-state index is 12.2. The van der Waals surface area contributed by atoms with Crippen LogP contribution in [0.1, 0.15) is 10.8 Å². The van der Waals surface area contributed by atoms with Crippen LogP contribution in [0.5, 0.6) is 0 Å². The van der Waals surface area contributed by atoms with Gasteiger partial charge in [-0.05, 0) is 29.8 Å². The first kappa shape index (κ1) is 13.2. The Morgan fingerprint density at radius 2 is 1.79 bits per heavy atom. The van der Waals surface area contributed by atoms with Crippen LogP contribution in [-0.2, 0) is 9.84 Å². The molecule has 0 bridgehead atoms. The molecule has 1 atom stereocenters. The maximum absolute atomic E-state index is 12.2. The lowest BCUT2D eigenvalue weighted by atomic mass is 10.2. The Labute approximate surface area is 125 Å². The molecule has 0 aliphatic carbocycles. The lowest BCUT2D eigenvalue weighted by Gasteiger charge is -2.11. The Hall–Kier alpha value is -0.780. The van der Waals surface area contributed by atoms with Gasteiger partial charge < -0.3 is 0 Å². The lowest BCUT2D eigenvalue weighted by Crippen LogP contribution is -2.00. The molecule has 2 nitrogen and oxygen atoms in total. The first-order chi connectivity index (χ1) is 9.08. The van der Waals surface area contributed by atoms with Gasteiger partial charge in [0.2, 0.25) is 0 Å². The van der Waals surface area contributed by atoms with Crippen molar-refractivity contribution in [3.63, 3.8) is 0 Å². The molecule has 0 radical (unpaired) electrons. The van der Waals surface area contributed by atoms with Gasteiger partial charge in [-0.25, -0.2) is 8.42 Å². The van der Waals surface area contributed by atoms with E-state index < -0.39 is 9.84 Å². The molecule has 0 amide bonds. The summed E-state index contributed by atoms with van der Waals surface area (Å²) in [4.78, 5) is 1.56. The van der Waals surface area contributed by atoms with Gasteiger partial charge in [0.1, 0.15) is 0 Å². The summed E-state index contributed by atoms with van der Waals surface area (Å²) in [5.74, 6) is 0.171. The first-order valence-electron chi connectivity index (χ1n) is 5.81. The molecule has 0 N–H and O–H groups in total. The Morgan fingerprint density at radius 3 is 2.53 bits per heavy atom. The van der Waals surface area contributed by atoms with E-state index in [9.17, 15) is 8.42 Å². The van der Waals surface area contributed by atoms with E-state index in [1.54, 1.807) is 23.9 Å². The summed E-state index contributed by atoms with van der Waals surface area (Å²) in [5, 5.41) is -0.0435. The average molecular weight is 355 g/mol. The molecule has 0 saturated heterocycles. The summed E-state index contributed by atoms with van der Waals surface area (Å²) in [6, 6.07) is 15.3. The number of hydrogen-bond donors (Lipinski definition) is 0. The summed E-state index contributed by atoms with van der Waals surface area (Å²) < 4.78 is 25.2. The van der Waals surface area contributed by atoms with Crippen LogP contribution in [-0.4, -0.2) is 14.2 Å². The first-order valence-corrected chi connectivity index (χ1v) is 9.13. The third-order valence-corrected chi connectivity index (χ3v) is 6.99. The molecule has 1 unspecified atom stereocenters. The summed E-state index contributed by atoms with van der Waals surface area (Å²) in [6.07, 6.45) is 0. The van der Waals surface area contributed by atoms with Gasteiger partial charge in [-0.3, -0.25) is 0 Å². The molecule has 0 fully saturated rings. The highest BCUT2D eigenvalue weighted by atomic mass is 79.9. The van der Waals surface area contributed by atoms with Crippen LogP contribution in [0.2, 0.25) is 0 Å². The van der Waals surface area contributed by atoms with Crippen molar-refractivity contribution in [1.29, 1.82) is 0 Å². The molecule has 3 rings (SSSR count). The zero-order valence-corrected chi connectivity index (χ0v) is 13.1. The molecule has 0 aromatic heterocycles. The second kappa shape index (κ2) is 4.96. The fraction of sp³-hybridized carbons (Fsp3) is 0.143. The van der Waals surface area contributed by atoms with Gasteiger partial charge in [-0.2, -0.15) is 0 Å². The third kappa shape index (κ3) is 2.47. The van der Waals surface area contributed by atoms with Crippen molar-refractivity contribution in [2.75, 3.05) is 5.75 Å². The number of hydrogen-bond acceptors (Lipinski definition) is 3. The lowest BCUT2D eigenvalue weighted by molar-refractivity contribution is 0.600. The molecular formula is C14H11BrO2S2. The summed E-state index contributed by atoms with van der Waals surface area (Å²) >= 11 is 5.08. The van der Waals surface area contributed by atoms with E-state index >= 15 is 0 Å². The Kier molecular flexibility index (Phi) is 3.45. The largest absolute Gasteiger partial charge is 0.224 e. The van der Waals surface area contributed by atoms with Crippen LogP contribution in [0.15, 0.2) is 62.8 Å². The monoisotopic (exact) mass is 354 g/mol. The molecule has 1 aliphatic heterocycles. The van der Waals surface area contributed by atoms with Crippen molar-refractivity contribution in [3.8, 4) is 0 Å². The van der Waals surface area contributed by atoms with Crippen molar-refractivity contribution in [1.82, 2.24) is 0 Å². The van der Waals surface area contributed by atoms with Crippen LogP contribution < -0.4 is 0 Å². The van der Waals surface area contributed by atoms with Gasteiger partial charge in [0.25, 0.3) is 0 Å². The van der Waals surface area contributed by atoms with Gasteiger partial charge in [-0.15, -0.1) is 11.8 Å². The minimum Gasteiger partial charge on any atom is -0.224 e. The minimum atomic E-state index is -3.15. The van der Waals surface area contributed by atoms with Crippen molar-refractivity contribution in [2.45, 2.75) is 15.0 Å². The van der Waals surface area contributed by atoms with Crippen LogP contribution in [0.3, 0.4) is 0 Å². The van der Waals surface area contributed by atoms with E-state index in [0.717, 1.165) is 14.9 Å². The van der Waals surface area contributed by atoms with Crippen LogP contribution in [0.4, 0.5) is 0 Å². The van der Waals surface area contributed by atoms with Crippen molar-refractivity contribution in [2.24, 2.45) is 0 Å². The van der Waals surface area contributed by atoms with Crippen molar-refractivity contribution < 1.29 is 8.42 Å². The smallest absolute Gasteiger partial charge is 0.180 e. The van der Waals surface area contributed by atoms with E-state index in [1.165, 1.54) is 0 Å². The number of halogens is 1. The number of thioether (sulfide) groups is 1. The van der Waals surface area contributed by atoms with Crippen LogP contribution in [0.25, 0.3) is 0 Å². The highest BCUT2D eigenvalue weighted by Crippen LogP contribution is 2.47. The number of sulfone groups is 1. The predicted molar refractivity (Wildman–Crippen MR) is 81.2 cm³/mol. The maximum Gasteiger partial charge on any atom is 0.180 e. The van der Waals surface area contributed by atoms with Gasteiger partial charge in [0.15, 0.2) is 9.84 Å². The molecule has 0 spiro atoms. The standard InChI is InChI=1S/C14H11BrO2S2/c15-11-7-4-8-13-14(11)12(9-19(13,16)17)18-10-5-2-1-3-6-10/h1-8,12H,9H2. The number of rotatable bonds is 2. The van der Waals surface area contributed by atoms with E-state index in [0.29, 0.717) is 4.90 Å². The third-order valence-electron chi connectivity index (χ3n) is 3.06. The molecular weight excluding hydrogens is 344 g/mol. The summed E-state index contributed by atoms with van der Waals surface area (Å²) in [7, 11) is -3.15. The Balaban J connectivity index is 2.03. The van der Waals surface area contributed by atoms with Gasteiger partial charge in [0, 0.05) is 9.37 Å². The zero-order valence-electron chi connectivity index (χ0n) is 9.91. The number of benzene rings is 2. The second-order valence-electron chi connectivity index (χ2n) is 4.35. The van der Waals surface area contributed by atoms with Gasteiger partial charge in [0.05, 0.1) is 15.9 Å². The summed E-state index contributed by atoms with van der Waals surface area (Å²) in [6.45, 7) is 0. The Morgan fingerprint density at radius 1 is 1.05 bits per heavy atom. The van der Waals surface area contributed by atoms with Crippen LogP contribution in [0, 0.1) is 0 Å².